The van der Waals surface area contributed by atoms with Crippen molar-refractivity contribution in [2.24, 2.45) is 0 Å². The molecule has 0 saturated carbocycles. The minimum absolute atomic E-state index is 0.0363. The zero-order chi connectivity index (χ0) is 15.9. The molecule has 1 aromatic rings. The highest BCUT2D eigenvalue weighted by Gasteiger charge is 2.18. The largest absolute Gasteiger partial charge is 0.459 e. The molecule has 1 atom stereocenters. The Morgan fingerprint density at radius 1 is 1.33 bits per heavy atom. The summed E-state index contributed by atoms with van der Waals surface area (Å²) in [5, 5.41) is 2.14. The van der Waals surface area contributed by atoms with Gasteiger partial charge in [0.05, 0.1) is 4.90 Å². The molecule has 0 fully saturated rings. The van der Waals surface area contributed by atoms with Gasteiger partial charge in [-0.25, -0.2) is 0 Å². The average molecular weight is 315 g/mol. The number of rotatable bonds is 8. The van der Waals surface area contributed by atoms with Crippen molar-refractivity contribution in [2.75, 3.05) is 13.2 Å². The molecule has 0 saturated heterocycles. The minimum atomic E-state index is -3.89. The molecule has 1 amide bonds. The van der Waals surface area contributed by atoms with Crippen molar-refractivity contribution in [1.29, 1.82) is 0 Å². The number of hydrogen-bond donors (Lipinski definition) is 1. The zero-order valence-corrected chi connectivity index (χ0v) is 12.6. The topological polar surface area (TPSA) is 98.8 Å². The van der Waals surface area contributed by atoms with E-state index in [2.05, 4.69) is 5.32 Å². The molecule has 0 bridgehead atoms. The Hall–Kier alpha value is -1.93. The number of esters is 1. The summed E-state index contributed by atoms with van der Waals surface area (Å²) in [7, 11) is -3.89. The van der Waals surface area contributed by atoms with Crippen molar-refractivity contribution in [3.63, 3.8) is 0 Å². The molecular weight excluding hydrogens is 298 g/mol. The first-order valence-electron chi connectivity index (χ1n) is 6.18. The highest BCUT2D eigenvalue weighted by atomic mass is 32.2. The number of ether oxygens (including phenoxy) is 1. The molecule has 0 spiro atoms. The van der Waals surface area contributed by atoms with E-state index >= 15 is 0 Å². The van der Waals surface area contributed by atoms with Gasteiger partial charge in [-0.2, -0.15) is 8.42 Å². The van der Waals surface area contributed by atoms with Crippen LogP contribution in [0.25, 0.3) is 0 Å². The van der Waals surface area contributed by atoms with Gasteiger partial charge in [0.15, 0.2) is 0 Å². The van der Waals surface area contributed by atoms with Crippen molar-refractivity contribution in [3.05, 3.63) is 29.8 Å². The maximum atomic E-state index is 11.9. The van der Waals surface area contributed by atoms with Crippen LogP contribution in [0, 0.1) is 6.92 Å². The Morgan fingerprint density at radius 2 is 1.95 bits per heavy atom. The summed E-state index contributed by atoms with van der Waals surface area (Å²) < 4.78 is 33.4. The monoisotopic (exact) mass is 315 g/mol. The molecule has 7 nitrogen and oxygen atoms in total. The molecule has 0 aliphatic heterocycles. The van der Waals surface area contributed by atoms with Gasteiger partial charge >= 0.3 is 5.97 Å². The Kier molecular flexibility index (Phi) is 6.32. The predicted octanol–water partition coefficient (Wildman–Crippen LogP) is 0.378. The summed E-state index contributed by atoms with van der Waals surface area (Å²) in [6, 6.07) is 6.19. The number of carbonyl (C=O) groups is 2. The van der Waals surface area contributed by atoms with Crippen LogP contribution in [0.4, 0.5) is 0 Å². The molecule has 0 aromatic heterocycles. The van der Waals surface area contributed by atoms with Gasteiger partial charge in [-0.1, -0.05) is 17.7 Å². The molecular formula is C13H17NO6S. The van der Waals surface area contributed by atoms with Crippen LogP contribution >= 0.6 is 0 Å². The fourth-order valence-corrected chi connectivity index (χ4v) is 2.36. The number of carbonyl (C=O) groups excluding carboxylic acids is 2. The normalized spacial score (nSPS) is 12.5. The van der Waals surface area contributed by atoms with E-state index in [4.69, 9.17) is 8.92 Å². The molecule has 0 aliphatic carbocycles. The Morgan fingerprint density at radius 3 is 2.52 bits per heavy atom. The van der Waals surface area contributed by atoms with Gasteiger partial charge in [0, 0.05) is 0 Å². The molecule has 1 N–H and O–H groups in total. The Bertz CT molecular complexity index is 581. The molecule has 0 aliphatic rings. The second kappa shape index (κ2) is 7.75. The van der Waals surface area contributed by atoms with Crippen molar-refractivity contribution in [1.82, 2.24) is 5.32 Å². The van der Waals surface area contributed by atoms with E-state index in [9.17, 15) is 18.0 Å². The lowest BCUT2D eigenvalue weighted by Crippen LogP contribution is -2.29. The van der Waals surface area contributed by atoms with Crippen molar-refractivity contribution >= 4 is 22.5 Å². The van der Waals surface area contributed by atoms with E-state index in [1.54, 1.807) is 12.1 Å². The van der Waals surface area contributed by atoms with Gasteiger partial charge in [-0.15, -0.1) is 0 Å². The third-order valence-corrected chi connectivity index (χ3v) is 3.73. The molecule has 8 heteroatoms. The van der Waals surface area contributed by atoms with Gasteiger partial charge in [0.2, 0.25) is 6.41 Å². The lowest BCUT2D eigenvalue weighted by Gasteiger charge is -2.13. The van der Waals surface area contributed by atoms with Crippen LogP contribution in [0.2, 0.25) is 0 Å². The van der Waals surface area contributed by atoms with Gasteiger partial charge in [0.25, 0.3) is 10.1 Å². The van der Waals surface area contributed by atoms with Crippen LogP contribution in [0.1, 0.15) is 12.5 Å². The SMILES string of the molecule is Cc1ccc(S(=O)(=O)OC[C@H](C)OC(=O)CNC=O)cc1. The van der Waals surface area contributed by atoms with Crippen LogP contribution in [0.15, 0.2) is 29.2 Å². The first kappa shape index (κ1) is 17.1. The second-order valence-corrected chi connectivity index (χ2v) is 5.97. The number of nitrogens with one attached hydrogen (secondary N) is 1. The third kappa shape index (κ3) is 5.92. The predicted molar refractivity (Wildman–Crippen MR) is 73.9 cm³/mol. The van der Waals surface area contributed by atoms with Crippen LogP contribution in [-0.2, 0) is 28.6 Å². The fourth-order valence-electron chi connectivity index (χ4n) is 1.38. The fraction of sp³-hybridized carbons (Fsp3) is 0.385. The molecule has 1 rings (SSSR count). The summed E-state index contributed by atoms with van der Waals surface area (Å²) in [5.74, 6) is -0.675. The molecule has 0 unspecified atom stereocenters. The van der Waals surface area contributed by atoms with Gasteiger partial charge in [-0.05, 0) is 26.0 Å². The molecule has 116 valence electrons. The van der Waals surface area contributed by atoms with Crippen molar-refractivity contribution in [3.8, 4) is 0 Å². The van der Waals surface area contributed by atoms with E-state index < -0.39 is 22.2 Å². The van der Waals surface area contributed by atoms with Crippen LogP contribution in [-0.4, -0.2) is 40.1 Å². The van der Waals surface area contributed by atoms with Gasteiger partial charge < -0.3 is 10.1 Å². The van der Waals surface area contributed by atoms with E-state index in [0.29, 0.717) is 6.41 Å². The number of benzene rings is 1. The summed E-state index contributed by atoms with van der Waals surface area (Å²) in [6.07, 6.45) is -0.393. The lowest BCUT2D eigenvalue weighted by molar-refractivity contribution is -0.148. The quantitative estimate of drug-likeness (QED) is 0.423. The average Bonchev–Trinajstić information content (AvgIpc) is 2.43. The van der Waals surface area contributed by atoms with Crippen LogP contribution in [0.5, 0.6) is 0 Å². The van der Waals surface area contributed by atoms with Gasteiger partial charge in [-0.3, -0.25) is 13.8 Å². The smallest absolute Gasteiger partial charge is 0.325 e. The Labute approximate surface area is 123 Å². The summed E-state index contributed by atoms with van der Waals surface area (Å²) in [5.41, 5.74) is 0.930. The third-order valence-electron chi connectivity index (χ3n) is 2.43. The van der Waals surface area contributed by atoms with Crippen molar-refractivity contribution < 1.29 is 26.9 Å². The van der Waals surface area contributed by atoms with Crippen molar-refractivity contribution in [2.45, 2.75) is 24.8 Å². The number of aryl methyl sites for hydroxylation is 1. The van der Waals surface area contributed by atoms with E-state index in [1.165, 1.54) is 19.1 Å². The van der Waals surface area contributed by atoms with E-state index in [1.807, 2.05) is 6.92 Å². The van der Waals surface area contributed by atoms with E-state index in [-0.39, 0.29) is 18.0 Å². The minimum Gasteiger partial charge on any atom is -0.459 e. The molecule has 21 heavy (non-hydrogen) atoms. The van der Waals surface area contributed by atoms with Gasteiger partial charge in [0.1, 0.15) is 19.3 Å². The maximum absolute atomic E-state index is 11.9. The Balaban J connectivity index is 2.51. The molecule has 1 aromatic carbocycles. The maximum Gasteiger partial charge on any atom is 0.325 e. The standard InChI is InChI=1S/C13H17NO6S/c1-10-3-5-12(6-4-10)21(17,18)19-8-11(2)20-13(16)7-14-9-15/h3-6,9,11H,7-8H2,1-2H3,(H,14,15)/t11-/m0/s1. The van der Waals surface area contributed by atoms with Crippen LogP contribution in [0.3, 0.4) is 0 Å². The summed E-state index contributed by atoms with van der Waals surface area (Å²) in [4.78, 5) is 21.2. The van der Waals surface area contributed by atoms with Crippen LogP contribution < -0.4 is 5.32 Å². The number of hydrogen-bond acceptors (Lipinski definition) is 6. The summed E-state index contributed by atoms with van der Waals surface area (Å²) >= 11 is 0. The highest BCUT2D eigenvalue weighted by molar-refractivity contribution is 7.86. The lowest BCUT2D eigenvalue weighted by atomic mass is 10.2. The summed E-state index contributed by atoms with van der Waals surface area (Å²) in [6.45, 7) is 2.75. The zero-order valence-electron chi connectivity index (χ0n) is 11.7. The second-order valence-electron chi connectivity index (χ2n) is 4.35. The first-order chi connectivity index (χ1) is 9.85. The number of amides is 1. The molecule has 0 heterocycles. The molecule has 0 radical (unpaired) electrons. The van der Waals surface area contributed by atoms with E-state index in [0.717, 1.165) is 5.56 Å². The highest BCUT2D eigenvalue weighted by Crippen LogP contribution is 2.13. The first-order valence-corrected chi connectivity index (χ1v) is 7.58.